The minimum Gasteiger partial charge on any atom is -0.469 e. The van der Waals surface area contributed by atoms with Crippen molar-refractivity contribution in [3.8, 4) is 0 Å². The summed E-state index contributed by atoms with van der Waals surface area (Å²) in [6.07, 6.45) is -0.200. The second-order valence-electron chi connectivity index (χ2n) is 3.17. The molecule has 1 aromatic rings. The largest absolute Gasteiger partial charge is 0.469 e. The number of Topliss-reactive ketones (excluding diaryl/α,β-unsaturated/α-hetero) is 1. The lowest BCUT2D eigenvalue weighted by atomic mass is 10.1. The fraction of sp³-hybridized carbons (Fsp3) is 0.400. The predicted octanol–water partition coefficient (Wildman–Crippen LogP) is 1.38. The number of hydrogen-bond donors (Lipinski definition) is 1. The molecular weight excluding hydrogens is 182 g/mol. The minimum absolute atomic E-state index is 0.200. The third-order valence-corrected chi connectivity index (χ3v) is 1.98. The number of hydrogen-bond acceptors (Lipinski definition) is 3. The Bertz CT molecular complexity index is 365. The van der Waals surface area contributed by atoms with Gasteiger partial charge in [-0.25, -0.2) is 0 Å². The van der Waals surface area contributed by atoms with Crippen LogP contribution in [0.25, 0.3) is 0 Å². The highest BCUT2D eigenvalue weighted by Crippen LogP contribution is 2.11. The summed E-state index contributed by atoms with van der Waals surface area (Å²) < 4.78 is 4.42. The van der Waals surface area contributed by atoms with Gasteiger partial charge in [-0.2, -0.15) is 0 Å². The summed E-state index contributed by atoms with van der Waals surface area (Å²) in [4.78, 5) is 25.4. The zero-order valence-electron chi connectivity index (χ0n) is 8.51. The Morgan fingerprint density at radius 3 is 2.50 bits per heavy atom. The van der Waals surface area contributed by atoms with Crippen LogP contribution in [-0.2, 0) is 9.53 Å². The van der Waals surface area contributed by atoms with Gasteiger partial charge in [0, 0.05) is 17.0 Å². The number of esters is 1. The number of nitrogens with one attached hydrogen (secondary N) is 1. The summed E-state index contributed by atoms with van der Waals surface area (Å²) in [5.74, 6) is -0.716. The highest BCUT2D eigenvalue weighted by Gasteiger charge is 2.15. The molecular formula is C10H13NO3. The summed E-state index contributed by atoms with van der Waals surface area (Å²) in [5.41, 5.74) is 2.26. The van der Waals surface area contributed by atoms with Crippen LogP contribution in [0.2, 0.25) is 0 Å². The molecule has 4 heteroatoms. The average molecular weight is 195 g/mol. The molecule has 0 bridgehead atoms. The highest BCUT2D eigenvalue weighted by atomic mass is 16.5. The lowest BCUT2D eigenvalue weighted by Gasteiger charge is -1.98. The van der Waals surface area contributed by atoms with Gasteiger partial charge in [0.15, 0.2) is 5.78 Å². The molecule has 1 aromatic heterocycles. The third-order valence-electron chi connectivity index (χ3n) is 1.98. The average Bonchev–Trinajstić information content (AvgIpc) is 2.45. The van der Waals surface area contributed by atoms with Crippen molar-refractivity contribution in [2.24, 2.45) is 0 Å². The summed E-state index contributed by atoms with van der Waals surface area (Å²) in [7, 11) is 1.27. The zero-order valence-corrected chi connectivity index (χ0v) is 8.51. The van der Waals surface area contributed by atoms with E-state index in [-0.39, 0.29) is 12.2 Å². The van der Waals surface area contributed by atoms with Gasteiger partial charge in [0.05, 0.1) is 7.11 Å². The Morgan fingerprint density at radius 2 is 2.07 bits per heavy atom. The number of carbonyl (C=O) groups is 2. The molecule has 1 heterocycles. The molecule has 0 aliphatic heterocycles. The number of methoxy groups -OCH3 is 1. The van der Waals surface area contributed by atoms with Gasteiger partial charge in [0.25, 0.3) is 0 Å². The van der Waals surface area contributed by atoms with Crippen molar-refractivity contribution < 1.29 is 14.3 Å². The molecule has 0 unspecified atom stereocenters. The number of H-pyrrole nitrogens is 1. The number of aromatic amines is 1. The quantitative estimate of drug-likeness (QED) is 0.450. The number of aromatic nitrogens is 1. The van der Waals surface area contributed by atoms with E-state index in [2.05, 4.69) is 9.72 Å². The van der Waals surface area contributed by atoms with Gasteiger partial charge in [0.2, 0.25) is 0 Å². The standard InChI is InChI=1S/C10H13NO3/c1-6-4-8(7(2)11-6)9(12)5-10(13)14-3/h4,11H,5H2,1-3H3. The molecule has 0 saturated heterocycles. The molecule has 0 saturated carbocycles. The first-order valence-corrected chi connectivity index (χ1v) is 4.31. The molecule has 0 atom stereocenters. The van der Waals surface area contributed by atoms with E-state index in [1.807, 2.05) is 6.92 Å². The summed E-state index contributed by atoms with van der Waals surface area (Å²) in [5, 5.41) is 0. The van der Waals surface area contributed by atoms with Gasteiger partial charge in [-0.1, -0.05) is 0 Å². The van der Waals surface area contributed by atoms with E-state index in [0.717, 1.165) is 11.4 Å². The first kappa shape index (κ1) is 10.5. The van der Waals surface area contributed by atoms with Crippen LogP contribution in [0, 0.1) is 13.8 Å². The highest BCUT2D eigenvalue weighted by molar-refractivity contribution is 6.06. The van der Waals surface area contributed by atoms with Crippen LogP contribution in [0.3, 0.4) is 0 Å². The van der Waals surface area contributed by atoms with Crippen LogP contribution in [0.4, 0.5) is 0 Å². The van der Waals surface area contributed by atoms with Crippen LogP contribution in [-0.4, -0.2) is 23.8 Å². The first-order valence-electron chi connectivity index (χ1n) is 4.31. The topological polar surface area (TPSA) is 59.2 Å². The molecule has 0 aromatic carbocycles. The van der Waals surface area contributed by atoms with Gasteiger partial charge in [-0.3, -0.25) is 9.59 Å². The van der Waals surface area contributed by atoms with E-state index >= 15 is 0 Å². The SMILES string of the molecule is COC(=O)CC(=O)c1cc(C)[nH]c1C. The number of ketones is 1. The van der Waals surface area contributed by atoms with Crippen molar-refractivity contribution in [1.82, 2.24) is 4.98 Å². The second kappa shape index (κ2) is 4.09. The number of ether oxygens (including phenoxy) is 1. The van der Waals surface area contributed by atoms with Crippen LogP contribution in [0.1, 0.15) is 28.2 Å². The van der Waals surface area contributed by atoms with Crippen molar-refractivity contribution >= 4 is 11.8 Å². The first-order chi connectivity index (χ1) is 6.54. The van der Waals surface area contributed by atoms with Crippen molar-refractivity contribution in [3.63, 3.8) is 0 Å². The Hall–Kier alpha value is -1.58. The summed E-state index contributed by atoms with van der Waals surface area (Å²) in [6.45, 7) is 3.67. The van der Waals surface area contributed by atoms with E-state index in [0.29, 0.717) is 5.56 Å². The normalized spacial score (nSPS) is 9.93. The van der Waals surface area contributed by atoms with E-state index in [1.165, 1.54) is 7.11 Å². The van der Waals surface area contributed by atoms with E-state index in [4.69, 9.17) is 0 Å². The summed E-state index contributed by atoms with van der Waals surface area (Å²) >= 11 is 0. The Kier molecular flexibility index (Phi) is 3.06. The molecule has 1 rings (SSSR count). The lowest BCUT2D eigenvalue weighted by Crippen LogP contribution is -2.09. The Balaban J connectivity index is 2.79. The van der Waals surface area contributed by atoms with Crippen LogP contribution < -0.4 is 0 Å². The van der Waals surface area contributed by atoms with Crippen LogP contribution >= 0.6 is 0 Å². The number of carbonyl (C=O) groups excluding carboxylic acids is 2. The van der Waals surface area contributed by atoms with Gasteiger partial charge in [0.1, 0.15) is 6.42 Å². The molecule has 0 amide bonds. The van der Waals surface area contributed by atoms with E-state index in [9.17, 15) is 9.59 Å². The van der Waals surface area contributed by atoms with Crippen molar-refractivity contribution in [2.45, 2.75) is 20.3 Å². The Morgan fingerprint density at radius 1 is 1.43 bits per heavy atom. The Labute approximate surface area is 82.3 Å². The molecule has 76 valence electrons. The molecule has 1 N–H and O–H groups in total. The zero-order chi connectivity index (χ0) is 10.7. The van der Waals surface area contributed by atoms with Gasteiger partial charge in [-0.05, 0) is 19.9 Å². The predicted molar refractivity (Wildman–Crippen MR) is 51.2 cm³/mol. The maximum absolute atomic E-state index is 11.5. The number of rotatable bonds is 3. The number of aryl methyl sites for hydroxylation is 2. The van der Waals surface area contributed by atoms with Gasteiger partial charge < -0.3 is 9.72 Å². The van der Waals surface area contributed by atoms with Crippen LogP contribution in [0.5, 0.6) is 0 Å². The van der Waals surface area contributed by atoms with E-state index in [1.54, 1.807) is 13.0 Å². The third kappa shape index (κ3) is 2.22. The molecule has 14 heavy (non-hydrogen) atoms. The lowest BCUT2D eigenvalue weighted by molar-refractivity contribution is -0.139. The van der Waals surface area contributed by atoms with Gasteiger partial charge >= 0.3 is 5.97 Å². The smallest absolute Gasteiger partial charge is 0.313 e. The molecule has 4 nitrogen and oxygen atoms in total. The summed E-state index contributed by atoms with van der Waals surface area (Å²) in [6, 6.07) is 1.74. The molecule has 0 fully saturated rings. The fourth-order valence-electron chi connectivity index (χ4n) is 1.31. The minimum atomic E-state index is -0.506. The van der Waals surface area contributed by atoms with Crippen molar-refractivity contribution in [1.29, 1.82) is 0 Å². The van der Waals surface area contributed by atoms with Crippen molar-refractivity contribution in [2.75, 3.05) is 7.11 Å². The van der Waals surface area contributed by atoms with E-state index < -0.39 is 5.97 Å². The fourth-order valence-corrected chi connectivity index (χ4v) is 1.31. The molecule has 0 aliphatic rings. The molecule has 0 radical (unpaired) electrons. The maximum Gasteiger partial charge on any atom is 0.313 e. The monoisotopic (exact) mass is 195 g/mol. The van der Waals surface area contributed by atoms with Crippen LogP contribution in [0.15, 0.2) is 6.07 Å². The second-order valence-corrected chi connectivity index (χ2v) is 3.17. The molecule has 0 aliphatic carbocycles. The maximum atomic E-state index is 11.5. The van der Waals surface area contributed by atoms with Crippen molar-refractivity contribution in [3.05, 3.63) is 23.0 Å². The molecule has 0 spiro atoms. The van der Waals surface area contributed by atoms with Gasteiger partial charge in [-0.15, -0.1) is 0 Å².